The number of allylic oxidation sites excluding steroid dienone is 1. The van der Waals surface area contributed by atoms with E-state index in [1.165, 1.54) is 11.1 Å². The first-order chi connectivity index (χ1) is 6.63. The van der Waals surface area contributed by atoms with Gasteiger partial charge >= 0.3 is 0 Å². The molecule has 0 aromatic carbocycles. The van der Waals surface area contributed by atoms with Gasteiger partial charge in [-0.05, 0) is 36.5 Å². The van der Waals surface area contributed by atoms with Crippen molar-refractivity contribution >= 4 is 6.08 Å². The maximum Gasteiger partial charge on any atom is 0.0404 e. The zero-order valence-corrected chi connectivity index (χ0v) is 9.54. The summed E-state index contributed by atoms with van der Waals surface area (Å²) in [5.41, 5.74) is 3.70. The molecule has 0 bridgehead atoms. The van der Waals surface area contributed by atoms with Gasteiger partial charge in [0.05, 0.1) is 0 Å². The Kier molecular flexibility index (Phi) is 3.87. The standard InChI is InChI=1S/C13H19N/c1-5-13-8-12(7-6-10(2)3)9-14-11(13)4/h6-10H,5H2,1-4H3/b7-6+. The molecule has 1 aromatic heterocycles. The van der Waals surface area contributed by atoms with Crippen molar-refractivity contribution in [3.05, 3.63) is 35.2 Å². The number of nitrogens with zero attached hydrogens (tertiary/aromatic N) is 1. The Bertz CT molecular complexity index is 324. The number of hydrogen-bond acceptors (Lipinski definition) is 1. The van der Waals surface area contributed by atoms with Gasteiger partial charge in [-0.25, -0.2) is 0 Å². The summed E-state index contributed by atoms with van der Waals surface area (Å²) in [4.78, 5) is 4.38. The summed E-state index contributed by atoms with van der Waals surface area (Å²) >= 11 is 0. The largest absolute Gasteiger partial charge is 0.261 e. The van der Waals surface area contributed by atoms with Gasteiger partial charge in [-0.2, -0.15) is 0 Å². The van der Waals surface area contributed by atoms with Gasteiger partial charge in [0, 0.05) is 11.9 Å². The van der Waals surface area contributed by atoms with Gasteiger partial charge in [0.15, 0.2) is 0 Å². The van der Waals surface area contributed by atoms with E-state index in [0.29, 0.717) is 5.92 Å². The summed E-state index contributed by atoms with van der Waals surface area (Å²) < 4.78 is 0. The Balaban J connectivity index is 2.89. The average Bonchev–Trinajstić information content (AvgIpc) is 2.16. The predicted molar refractivity (Wildman–Crippen MR) is 62.2 cm³/mol. The molecule has 0 unspecified atom stereocenters. The van der Waals surface area contributed by atoms with Crippen molar-refractivity contribution in [3.8, 4) is 0 Å². The zero-order chi connectivity index (χ0) is 10.6. The van der Waals surface area contributed by atoms with Crippen molar-refractivity contribution in [1.82, 2.24) is 4.98 Å². The van der Waals surface area contributed by atoms with Crippen LogP contribution in [-0.2, 0) is 6.42 Å². The number of hydrogen-bond donors (Lipinski definition) is 0. The molecule has 1 heteroatoms. The molecule has 0 aliphatic carbocycles. The molecule has 1 nitrogen and oxygen atoms in total. The normalized spacial score (nSPS) is 11.5. The van der Waals surface area contributed by atoms with Crippen LogP contribution in [0.3, 0.4) is 0 Å². The predicted octanol–water partition coefficient (Wildman–Crippen LogP) is 3.62. The van der Waals surface area contributed by atoms with E-state index in [0.717, 1.165) is 12.1 Å². The molecule has 0 spiro atoms. The third-order valence-electron chi connectivity index (χ3n) is 2.27. The molecule has 0 aliphatic heterocycles. The summed E-state index contributed by atoms with van der Waals surface area (Å²) in [5.74, 6) is 0.598. The van der Waals surface area contributed by atoms with E-state index in [-0.39, 0.29) is 0 Å². The maximum absolute atomic E-state index is 4.38. The monoisotopic (exact) mass is 189 g/mol. The smallest absolute Gasteiger partial charge is 0.0404 e. The van der Waals surface area contributed by atoms with Crippen LogP contribution in [0.15, 0.2) is 18.3 Å². The second-order valence-electron chi connectivity index (χ2n) is 3.97. The first kappa shape index (κ1) is 11.0. The highest BCUT2D eigenvalue weighted by atomic mass is 14.7. The van der Waals surface area contributed by atoms with Gasteiger partial charge in [-0.1, -0.05) is 32.9 Å². The van der Waals surface area contributed by atoms with Crippen LogP contribution in [0.4, 0.5) is 0 Å². The van der Waals surface area contributed by atoms with E-state index in [2.05, 4.69) is 50.9 Å². The second kappa shape index (κ2) is 4.94. The minimum absolute atomic E-state index is 0.598. The van der Waals surface area contributed by atoms with E-state index < -0.39 is 0 Å². The average molecular weight is 189 g/mol. The first-order valence-electron chi connectivity index (χ1n) is 5.27. The minimum atomic E-state index is 0.598. The summed E-state index contributed by atoms with van der Waals surface area (Å²) in [6, 6.07) is 2.22. The van der Waals surface area contributed by atoms with E-state index >= 15 is 0 Å². The van der Waals surface area contributed by atoms with Crippen LogP contribution < -0.4 is 0 Å². The Hall–Kier alpha value is -1.11. The van der Waals surface area contributed by atoms with Crippen LogP contribution in [0.1, 0.15) is 37.6 Å². The molecule has 1 aromatic rings. The van der Waals surface area contributed by atoms with Crippen LogP contribution in [0, 0.1) is 12.8 Å². The highest BCUT2D eigenvalue weighted by Gasteiger charge is 1.97. The van der Waals surface area contributed by atoms with Crippen LogP contribution in [0.5, 0.6) is 0 Å². The molecule has 0 amide bonds. The fourth-order valence-corrected chi connectivity index (χ4v) is 1.35. The molecule has 1 rings (SSSR count). The molecule has 76 valence electrons. The fourth-order valence-electron chi connectivity index (χ4n) is 1.35. The molecule has 0 radical (unpaired) electrons. The zero-order valence-electron chi connectivity index (χ0n) is 9.54. The minimum Gasteiger partial charge on any atom is -0.261 e. The Morgan fingerprint density at radius 1 is 1.43 bits per heavy atom. The van der Waals surface area contributed by atoms with Gasteiger partial charge in [0.2, 0.25) is 0 Å². The topological polar surface area (TPSA) is 12.9 Å². The molecule has 14 heavy (non-hydrogen) atoms. The first-order valence-corrected chi connectivity index (χ1v) is 5.27. The quantitative estimate of drug-likeness (QED) is 0.707. The van der Waals surface area contributed by atoms with Crippen LogP contribution >= 0.6 is 0 Å². The van der Waals surface area contributed by atoms with E-state index in [1.54, 1.807) is 0 Å². The van der Waals surface area contributed by atoms with E-state index in [9.17, 15) is 0 Å². The summed E-state index contributed by atoms with van der Waals surface area (Å²) in [7, 11) is 0. The fraction of sp³-hybridized carbons (Fsp3) is 0.462. The lowest BCUT2D eigenvalue weighted by Gasteiger charge is -2.03. The number of aryl methyl sites for hydroxylation is 2. The lowest BCUT2D eigenvalue weighted by molar-refractivity contribution is 0.836. The molecule has 0 aliphatic rings. The molecule has 0 N–H and O–H groups in total. The molecule has 0 fully saturated rings. The highest BCUT2D eigenvalue weighted by Crippen LogP contribution is 2.11. The highest BCUT2D eigenvalue weighted by molar-refractivity contribution is 5.49. The van der Waals surface area contributed by atoms with Crippen molar-refractivity contribution in [3.63, 3.8) is 0 Å². The Morgan fingerprint density at radius 3 is 2.71 bits per heavy atom. The van der Waals surface area contributed by atoms with Gasteiger partial charge in [-0.15, -0.1) is 0 Å². The van der Waals surface area contributed by atoms with E-state index in [1.807, 2.05) is 6.20 Å². The van der Waals surface area contributed by atoms with Crippen LogP contribution in [0.25, 0.3) is 6.08 Å². The third-order valence-corrected chi connectivity index (χ3v) is 2.27. The second-order valence-corrected chi connectivity index (χ2v) is 3.97. The van der Waals surface area contributed by atoms with Crippen LogP contribution in [-0.4, -0.2) is 4.98 Å². The molecule has 0 saturated heterocycles. The lowest BCUT2D eigenvalue weighted by atomic mass is 10.1. The van der Waals surface area contributed by atoms with Gasteiger partial charge in [0.1, 0.15) is 0 Å². The van der Waals surface area contributed by atoms with Crippen molar-refractivity contribution in [2.45, 2.75) is 34.1 Å². The number of rotatable bonds is 3. The van der Waals surface area contributed by atoms with E-state index in [4.69, 9.17) is 0 Å². The van der Waals surface area contributed by atoms with Crippen molar-refractivity contribution < 1.29 is 0 Å². The van der Waals surface area contributed by atoms with Crippen LogP contribution in [0.2, 0.25) is 0 Å². The Labute approximate surface area is 86.9 Å². The van der Waals surface area contributed by atoms with Crippen molar-refractivity contribution in [2.75, 3.05) is 0 Å². The van der Waals surface area contributed by atoms with Gasteiger partial charge in [-0.3, -0.25) is 4.98 Å². The molecular formula is C13H19N. The number of pyridine rings is 1. The summed E-state index contributed by atoms with van der Waals surface area (Å²) in [6.45, 7) is 8.59. The third kappa shape index (κ3) is 2.99. The molecular weight excluding hydrogens is 170 g/mol. The van der Waals surface area contributed by atoms with Gasteiger partial charge in [0.25, 0.3) is 0 Å². The SMILES string of the molecule is CCc1cc(/C=C/C(C)C)cnc1C. The summed E-state index contributed by atoms with van der Waals surface area (Å²) in [6.07, 6.45) is 7.34. The van der Waals surface area contributed by atoms with Crippen molar-refractivity contribution in [2.24, 2.45) is 5.92 Å². The lowest BCUT2D eigenvalue weighted by Crippen LogP contribution is -1.91. The maximum atomic E-state index is 4.38. The molecule has 1 heterocycles. The number of aromatic nitrogens is 1. The molecule has 0 atom stereocenters. The summed E-state index contributed by atoms with van der Waals surface area (Å²) in [5, 5.41) is 0. The van der Waals surface area contributed by atoms with Crippen molar-refractivity contribution in [1.29, 1.82) is 0 Å². The molecule has 0 saturated carbocycles. The Morgan fingerprint density at radius 2 is 2.14 bits per heavy atom. The van der Waals surface area contributed by atoms with Gasteiger partial charge < -0.3 is 0 Å².